The molecule has 0 rings (SSSR count). The fourth-order valence-corrected chi connectivity index (χ4v) is 1.82. The van der Waals surface area contributed by atoms with Crippen LogP contribution in [0.5, 0.6) is 0 Å². The summed E-state index contributed by atoms with van der Waals surface area (Å²) in [5, 5.41) is 0. The molecule has 19 heavy (non-hydrogen) atoms. The van der Waals surface area contributed by atoms with Crippen LogP contribution in [-0.4, -0.2) is 18.9 Å². The van der Waals surface area contributed by atoms with E-state index < -0.39 is 6.16 Å². The largest absolute Gasteiger partial charge is 0.508 e. The average Bonchev–Trinajstić information content (AvgIpc) is 2.40. The maximum absolute atomic E-state index is 11.3. The SMILES string of the molecule is C=C(CCCCCC)C(=C)C(CC)OC(=O)OCC. The van der Waals surface area contributed by atoms with Gasteiger partial charge >= 0.3 is 6.16 Å². The molecule has 0 aliphatic heterocycles. The topological polar surface area (TPSA) is 35.5 Å². The molecule has 0 aliphatic rings. The number of unbranched alkanes of at least 4 members (excludes halogenated alkanes) is 3. The molecule has 0 aromatic carbocycles. The first-order chi connectivity index (χ1) is 9.06. The lowest BCUT2D eigenvalue weighted by Gasteiger charge is -2.19. The Bertz CT molecular complexity index is 294. The van der Waals surface area contributed by atoms with Crippen molar-refractivity contribution in [3.05, 3.63) is 24.3 Å². The Morgan fingerprint density at radius 1 is 1.11 bits per heavy atom. The number of hydrogen-bond donors (Lipinski definition) is 0. The molecule has 0 bridgehead atoms. The van der Waals surface area contributed by atoms with Crippen molar-refractivity contribution in [3.8, 4) is 0 Å². The zero-order chi connectivity index (χ0) is 14.7. The molecule has 0 aromatic rings. The van der Waals surface area contributed by atoms with Gasteiger partial charge < -0.3 is 9.47 Å². The Morgan fingerprint density at radius 3 is 2.32 bits per heavy atom. The summed E-state index contributed by atoms with van der Waals surface area (Å²) in [5.41, 5.74) is 1.79. The minimum atomic E-state index is -0.630. The molecule has 3 nitrogen and oxygen atoms in total. The van der Waals surface area contributed by atoms with E-state index in [0.717, 1.165) is 24.0 Å². The van der Waals surface area contributed by atoms with E-state index in [2.05, 4.69) is 20.1 Å². The lowest BCUT2D eigenvalue weighted by Crippen LogP contribution is -2.21. The van der Waals surface area contributed by atoms with Gasteiger partial charge in [0, 0.05) is 0 Å². The van der Waals surface area contributed by atoms with Crippen molar-refractivity contribution in [2.45, 2.75) is 65.4 Å². The minimum Gasteiger partial charge on any atom is -0.435 e. The first-order valence-corrected chi connectivity index (χ1v) is 7.27. The molecule has 0 heterocycles. The number of ether oxygens (including phenoxy) is 2. The van der Waals surface area contributed by atoms with Crippen LogP contribution >= 0.6 is 0 Å². The van der Waals surface area contributed by atoms with Crippen molar-refractivity contribution in [3.63, 3.8) is 0 Å². The van der Waals surface area contributed by atoms with Crippen LogP contribution in [0.15, 0.2) is 24.3 Å². The van der Waals surface area contributed by atoms with Crippen molar-refractivity contribution >= 4 is 6.16 Å². The maximum Gasteiger partial charge on any atom is 0.508 e. The Balaban J connectivity index is 4.18. The van der Waals surface area contributed by atoms with Crippen LogP contribution in [0, 0.1) is 0 Å². The van der Waals surface area contributed by atoms with Crippen LogP contribution in [0.2, 0.25) is 0 Å². The molecule has 0 saturated carbocycles. The van der Waals surface area contributed by atoms with E-state index in [4.69, 9.17) is 9.47 Å². The highest BCUT2D eigenvalue weighted by atomic mass is 16.7. The lowest BCUT2D eigenvalue weighted by atomic mass is 9.97. The molecule has 0 aliphatic carbocycles. The molecule has 0 amide bonds. The minimum absolute atomic E-state index is 0.319. The molecular formula is C16H28O3. The predicted octanol–water partition coefficient (Wildman–Crippen LogP) is 5.02. The summed E-state index contributed by atoms with van der Waals surface area (Å²) in [6.07, 6.45) is 5.44. The smallest absolute Gasteiger partial charge is 0.435 e. The summed E-state index contributed by atoms with van der Waals surface area (Å²) in [6, 6.07) is 0. The molecule has 0 radical (unpaired) electrons. The molecule has 0 saturated heterocycles. The molecule has 1 atom stereocenters. The van der Waals surface area contributed by atoms with Crippen molar-refractivity contribution < 1.29 is 14.3 Å². The standard InChI is InChI=1S/C16H28O3/c1-6-9-10-11-12-13(4)14(5)15(7-2)19-16(17)18-8-3/h15H,4-12H2,1-3H3. The van der Waals surface area contributed by atoms with Crippen LogP contribution < -0.4 is 0 Å². The number of hydrogen-bond acceptors (Lipinski definition) is 3. The molecule has 0 spiro atoms. The third kappa shape index (κ3) is 7.70. The Morgan fingerprint density at radius 2 is 1.79 bits per heavy atom. The number of rotatable bonds is 10. The Kier molecular flexibility index (Phi) is 9.95. The summed E-state index contributed by atoms with van der Waals surface area (Å²) in [7, 11) is 0. The van der Waals surface area contributed by atoms with Gasteiger partial charge in [0.1, 0.15) is 6.10 Å². The van der Waals surface area contributed by atoms with Gasteiger partial charge in [-0.15, -0.1) is 0 Å². The summed E-state index contributed by atoms with van der Waals surface area (Å²) in [5.74, 6) is 0. The van der Waals surface area contributed by atoms with E-state index in [-0.39, 0.29) is 6.10 Å². The normalized spacial score (nSPS) is 11.7. The van der Waals surface area contributed by atoms with Gasteiger partial charge in [0.2, 0.25) is 0 Å². The van der Waals surface area contributed by atoms with E-state index in [1.165, 1.54) is 19.3 Å². The van der Waals surface area contributed by atoms with Crippen molar-refractivity contribution in [2.24, 2.45) is 0 Å². The first-order valence-electron chi connectivity index (χ1n) is 7.27. The second kappa shape index (κ2) is 10.7. The average molecular weight is 268 g/mol. The quantitative estimate of drug-likeness (QED) is 0.317. The highest BCUT2D eigenvalue weighted by molar-refractivity contribution is 5.60. The van der Waals surface area contributed by atoms with E-state index in [1.807, 2.05) is 6.92 Å². The van der Waals surface area contributed by atoms with E-state index >= 15 is 0 Å². The van der Waals surface area contributed by atoms with E-state index in [1.54, 1.807) is 6.92 Å². The zero-order valence-corrected chi connectivity index (χ0v) is 12.7. The van der Waals surface area contributed by atoms with Crippen LogP contribution in [0.4, 0.5) is 4.79 Å². The fourth-order valence-electron chi connectivity index (χ4n) is 1.82. The molecule has 0 N–H and O–H groups in total. The lowest BCUT2D eigenvalue weighted by molar-refractivity contribution is 0.0369. The van der Waals surface area contributed by atoms with E-state index in [0.29, 0.717) is 13.0 Å². The van der Waals surface area contributed by atoms with Gasteiger partial charge in [0.05, 0.1) is 6.61 Å². The molecule has 0 fully saturated rings. The summed E-state index contributed by atoms with van der Waals surface area (Å²) in [4.78, 5) is 11.3. The molecular weight excluding hydrogens is 240 g/mol. The molecule has 0 aromatic heterocycles. The maximum atomic E-state index is 11.3. The van der Waals surface area contributed by atoms with Gasteiger partial charge in [0.25, 0.3) is 0 Å². The van der Waals surface area contributed by atoms with Gasteiger partial charge in [-0.05, 0) is 37.3 Å². The van der Waals surface area contributed by atoms with Crippen molar-refractivity contribution in [1.82, 2.24) is 0 Å². The molecule has 3 heteroatoms. The van der Waals surface area contributed by atoms with Crippen LogP contribution in [0.1, 0.15) is 59.3 Å². The van der Waals surface area contributed by atoms with Crippen molar-refractivity contribution in [1.29, 1.82) is 0 Å². The van der Waals surface area contributed by atoms with Gasteiger partial charge in [-0.2, -0.15) is 0 Å². The fraction of sp³-hybridized carbons (Fsp3) is 0.688. The van der Waals surface area contributed by atoms with Crippen LogP contribution in [-0.2, 0) is 9.47 Å². The number of carbonyl (C=O) groups is 1. The van der Waals surface area contributed by atoms with Crippen molar-refractivity contribution in [2.75, 3.05) is 6.61 Å². The van der Waals surface area contributed by atoms with E-state index in [9.17, 15) is 4.79 Å². The van der Waals surface area contributed by atoms with Gasteiger partial charge in [-0.1, -0.05) is 46.3 Å². The first kappa shape index (κ1) is 17.8. The van der Waals surface area contributed by atoms with Crippen LogP contribution in [0.3, 0.4) is 0 Å². The van der Waals surface area contributed by atoms with Gasteiger partial charge in [-0.25, -0.2) is 4.79 Å². The second-order valence-corrected chi connectivity index (χ2v) is 4.64. The second-order valence-electron chi connectivity index (χ2n) is 4.64. The Hall–Kier alpha value is -1.25. The third-order valence-electron chi connectivity index (χ3n) is 3.05. The monoisotopic (exact) mass is 268 g/mol. The highest BCUT2D eigenvalue weighted by Gasteiger charge is 2.18. The van der Waals surface area contributed by atoms with Crippen LogP contribution in [0.25, 0.3) is 0 Å². The Labute approximate surface area is 117 Å². The summed E-state index contributed by atoms with van der Waals surface area (Å²) < 4.78 is 10.0. The summed E-state index contributed by atoms with van der Waals surface area (Å²) >= 11 is 0. The van der Waals surface area contributed by atoms with Gasteiger partial charge in [0.15, 0.2) is 0 Å². The molecule has 1 unspecified atom stereocenters. The highest BCUT2D eigenvalue weighted by Crippen LogP contribution is 2.22. The zero-order valence-electron chi connectivity index (χ0n) is 12.7. The summed E-state index contributed by atoms with van der Waals surface area (Å²) in [6.45, 7) is 14.3. The third-order valence-corrected chi connectivity index (χ3v) is 3.05. The molecule has 110 valence electrons. The predicted molar refractivity (Wildman–Crippen MR) is 79.2 cm³/mol. The van der Waals surface area contributed by atoms with Gasteiger partial charge in [-0.3, -0.25) is 0 Å². The number of carbonyl (C=O) groups excluding carboxylic acids is 1.